The fourth-order valence-electron chi connectivity index (χ4n) is 3.43. The van der Waals surface area contributed by atoms with Crippen molar-refractivity contribution in [2.24, 2.45) is 11.8 Å². The number of halogens is 1. The number of hydrogen-bond donors (Lipinski definition) is 2. The molecule has 1 aliphatic rings. The van der Waals surface area contributed by atoms with Crippen molar-refractivity contribution < 1.29 is 10.2 Å². The van der Waals surface area contributed by atoms with Crippen LogP contribution in [-0.2, 0) is 12.8 Å². The second-order valence-electron chi connectivity index (χ2n) is 5.88. The Labute approximate surface area is 126 Å². The highest BCUT2D eigenvalue weighted by Crippen LogP contribution is 2.40. The first-order chi connectivity index (χ1) is 9.65. The van der Waals surface area contributed by atoms with Crippen LogP contribution in [-0.4, -0.2) is 28.3 Å². The van der Waals surface area contributed by atoms with Crippen molar-refractivity contribution in [2.45, 2.75) is 50.5 Å². The zero-order valence-electron chi connectivity index (χ0n) is 12.1. The number of aliphatic hydroxyl groups is 2. The molecule has 0 saturated heterocycles. The zero-order chi connectivity index (χ0) is 14.5. The minimum Gasteiger partial charge on any atom is -0.396 e. The maximum atomic E-state index is 10.1. The minimum absolute atomic E-state index is 0.131. The number of alkyl halides is 1. The van der Waals surface area contributed by atoms with E-state index in [0.29, 0.717) is 18.3 Å². The summed E-state index contributed by atoms with van der Waals surface area (Å²) in [4.78, 5) is 0. The number of hydrogen-bond acceptors (Lipinski definition) is 2. The van der Waals surface area contributed by atoms with Gasteiger partial charge in [0.1, 0.15) is 0 Å². The van der Waals surface area contributed by atoms with Gasteiger partial charge in [-0.25, -0.2) is 0 Å². The molecule has 2 N–H and O–H groups in total. The van der Waals surface area contributed by atoms with Crippen LogP contribution in [0.15, 0.2) is 24.3 Å². The summed E-state index contributed by atoms with van der Waals surface area (Å²) in [5, 5.41) is 19.2. The molecule has 3 heteroatoms. The van der Waals surface area contributed by atoms with Gasteiger partial charge in [0, 0.05) is 12.0 Å². The number of rotatable bonds is 6. The maximum Gasteiger partial charge on any atom is 0.0585 e. The monoisotopic (exact) mass is 296 g/mol. The van der Waals surface area contributed by atoms with Crippen LogP contribution in [0, 0.1) is 11.8 Å². The standard InChI is InChI=1S/C17H25ClO2/c1-2-14-15(17(20)11-16(14)18)8-7-12-3-5-13(6-4-12)9-10-19/h3-6,14-17,19-20H,2,7-11H2,1H3/t14-,15-,16-,17-/m1/s1. The molecule has 2 rings (SSSR count). The highest BCUT2D eigenvalue weighted by Gasteiger charge is 2.39. The summed E-state index contributed by atoms with van der Waals surface area (Å²) in [7, 11) is 0. The molecular weight excluding hydrogens is 272 g/mol. The summed E-state index contributed by atoms with van der Waals surface area (Å²) in [5.74, 6) is 0.778. The zero-order valence-corrected chi connectivity index (χ0v) is 12.9. The van der Waals surface area contributed by atoms with Crippen molar-refractivity contribution in [1.82, 2.24) is 0 Å². The predicted octanol–water partition coefficient (Wildman–Crippen LogP) is 3.17. The summed E-state index contributed by atoms with van der Waals surface area (Å²) in [6.45, 7) is 2.36. The van der Waals surface area contributed by atoms with Crippen molar-refractivity contribution in [3.8, 4) is 0 Å². The molecule has 0 heterocycles. The second-order valence-corrected chi connectivity index (χ2v) is 6.44. The van der Waals surface area contributed by atoms with Gasteiger partial charge in [0.15, 0.2) is 0 Å². The van der Waals surface area contributed by atoms with E-state index >= 15 is 0 Å². The van der Waals surface area contributed by atoms with E-state index in [1.165, 1.54) is 11.1 Å². The van der Waals surface area contributed by atoms with Gasteiger partial charge in [0.25, 0.3) is 0 Å². The maximum absolute atomic E-state index is 10.1. The normalized spacial score (nSPS) is 29.8. The SMILES string of the molecule is CC[C@@H]1[C@@H](CCc2ccc(CCO)cc2)[C@H](O)C[C@H]1Cl. The van der Waals surface area contributed by atoms with Crippen LogP contribution in [0.5, 0.6) is 0 Å². The molecule has 20 heavy (non-hydrogen) atoms. The van der Waals surface area contributed by atoms with E-state index in [9.17, 15) is 5.11 Å². The molecule has 0 aromatic heterocycles. The molecule has 0 bridgehead atoms. The lowest BCUT2D eigenvalue weighted by molar-refractivity contribution is 0.111. The molecule has 0 aliphatic heterocycles. The Morgan fingerprint density at radius 2 is 1.70 bits per heavy atom. The average Bonchev–Trinajstić information content (AvgIpc) is 2.72. The van der Waals surface area contributed by atoms with Crippen LogP contribution in [0.25, 0.3) is 0 Å². The Morgan fingerprint density at radius 1 is 1.10 bits per heavy atom. The number of aliphatic hydroxyl groups excluding tert-OH is 2. The first-order valence-electron chi connectivity index (χ1n) is 7.66. The Balaban J connectivity index is 1.90. The van der Waals surface area contributed by atoms with E-state index in [1.807, 2.05) is 0 Å². The van der Waals surface area contributed by atoms with Gasteiger partial charge in [-0.3, -0.25) is 0 Å². The van der Waals surface area contributed by atoms with Gasteiger partial charge in [-0.2, -0.15) is 0 Å². The first-order valence-corrected chi connectivity index (χ1v) is 8.10. The fourth-order valence-corrected chi connectivity index (χ4v) is 3.98. The van der Waals surface area contributed by atoms with Crippen LogP contribution in [0.1, 0.15) is 37.3 Å². The lowest BCUT2D eigenvalue weighted by atomic mass is 9.87. The summed E-state index contributed by atoms with van der Waals surface area (Å²) in [5.41, 5.74) is 2.47. The van der Waals surface area contributed by atoms with Gasteiger partial charge in [0.05, 0.1) is 6.10 Å². The van der Waals surface area contributed by atoms with Crippen LogP contribution in [0.3, 0.4) is 0 Å². The van der Waals surface area contributed by atoms with E-state index in [-0.39, 0.29) is 18.1 Å². The highest BCUT2D eigenvalue weighted by molar-refractivity contribution is 6.21. The first kappa shape index (κ1) is 15.8. The van der Waals surface area contributed by atoms with Crippen molar-refractivity contribution in [1.29, 1.82) is 0 Å². The lowest BCUT2D eigenvalue weighted by Crippen LogP contribution is -2.20. The van der Waals surface area contributed by atoms with Gasteiger partial charge in [-0.05, 0) is 48.6 Å². The topological polar surface area (TPSA) is 40.5 Å². The summed E-state index contributed by atoms with van der Waals surface area (Å²) < 4.78 is 0. The van der Waals surface area contributed by atoms with Crippen LogP contribution >= 0.6 is 11.6 Å². The predicted molar refractivity (Wildman–Crippen MR) is 83.1 cm³/mol. The number of benzene rings is 1. The fraction of sp³-hybridized carbons (Fsp3) is 0.647. The molecule has 1 aromatic rings. The third-order valence-electron chi connectivity index (χ3n) is 4.64. The molecule has 0 spiro atoms. The summed E-state index contributed by atoms with van der Waals surface area (Å²) >= 11 is 6.32. The van der Waals surface area contributed by atoms with Crippen LogP contribution in [0.4, 0.5) is 0 Å². The van der Waals surface area contributed by atoms with Crippen molar-refractivity contribution in [3.05, 3.63) is 35.4 Å². The van der Waals surface area contributed by atoms with E-state index in [1.54, 1.807) is 0 Å². The van der Waals surface area contributed by atoms with E-state index in [2.05, 4.69) is 31.2 Å². The van der Waals surface area contributed by atoms with Gasteiger partial charge in [-0.1, -0.05) is 37.6 Å². The van der Waals surface area contributed by atoms with Gasteiger partial charge >= 0.3 is 0 Å². The Morgan fingerprint density at radius 3 is 2.25 bits per heavy atom. The van der Waals surface area contributed by atoms with Crippen molar-refractivity contribution in [2.75, 3.05) is 6.61 Å². The van der Waals surface area contributed by atoms with Crippen LogP contribution < -0.4 is 0 Å². The van der Waals surface area contributed by atoms with Gasteiger partial charge < -0.3 is 10.2 Å². The molecule has 2 nitrogen and oxygen atoms in total. The minimum atomic E-state index is -0.240. The number of aryl methyl sites for hydroxylation is 1. The Kier molecular flexibility index (Phi) is 5.88. The van der Waals surface area contributed by atoms with E-state index in [4.69, 9.17) is 16.7 Å². The van der Waals surface area contributed by atoms with Gasteiger partial charge in [0.2, 0.25) is 0 Å². The molecular formula is C17H25ClO2. The highest BCUT2D eigenvalue weighted by atomic mass is 35.5. The third kappa shape index (κ3) is 3.75. The second kappa shape index (κ2) is 7.44. The molecule has 1 fully saturated rings. The quantitative estimate of drug-likeness (QED) is 0.792. The molecule has 4 atom stereocenters. The Bertz CT molecular complexity index is 404. The largest absolute Gasteiger partial charge is 0.396 e. The lowest BCUT2D eigenvalue weighted by Gasteiger charge is -2.22. The molecule has 1 saturated carbocycles. The molecule has 112 valence electrons. The van der Waals surface area contributed by atoms with E-state index in [0.717, 1.165) is 25.7 Å². The average molecular weight is 297 g/mol. The molecule has 1 aromatic carbocycles. The van der Waals surface area contributed by atoms with E-state index < -0.39 is 0 Å². The Hall–Kier alpha value is -0.570. The summed E-state index contributed by atoms with van der Waals surface area (Å²) in [6.07, 6.45) is 4.25. The molecule has 1 aliphatic carbocycles. The van der Waals surface area contributed by atoms with Gasteiger partial charge in [-0.15, -0.1) is 11.6 Å². The van der Waals surface area contributed by atoms with Crippen molar-refractivity contribution >= 4 is 11.6 Å². The van der Waals surface area contributed by atoms with Crippen LogP contribution in [0.2, 0.25) is 0 Å². The molecule has 0 unspecified atom stereocenters. The van der Waals surface area contributed by atoms with Crippen molar-refractivity contribution in [3.63, 3.8) is 0 Å². The summed E-state index contributed by atoms with van der Waals surface area (Å²) in [6, 6.07) is 8.42. The third-order valence-corrected chi connectivity index (χ3v) is 5.14. The molecule has 0 amide bonds. The molecule has 0 radical (unpaired) electrons. The smallest absolute Gasteiger partial charge is 0.0585 e.